The molecule has 0 amide bonds. The molecule has 0 aliphatic carbocycles. The number of hydrogen-bond acceptors (Lipinski definition) is 6. The summed E-state index contributed by atoms with van der Waals surface area (Å²) in [5.74, 6) is -0.952. The zero-order valence-corrected chi connectivity index (χ0v) is 14.9. The molecule has 1 atom stereocenters. The molecular weight excluding hydrogens is 335 g/mol. The van der Waals surface area contributed by atoms with Gasteiger partial charge >= 0.3 is 13.1 Å². The molecular formula is C17H25BN4O4. The second-order valence-electron chi connectivity index (χ2n) is 6.84. The lowest BCUT2D eigenvalue weighted by molar-refractivity contribution is 0.0694. The first-order valence-corrected chi connectivity index (χ1v) is 8.89. The van der Waals surface area contributed by atoms with E-state index < -0.39 is 19.0 Å². The number of aromatic carboxylic acids is 1. The number of piperidine rings is 1. The second-order valence-corrected chi connectivity index (χ2v) is 6.84. The highest BCUT2D eigenvalue weighted by molar-refractivity contribution is 6.46. The minimum atomic E-state index is -1.21. The van der Waals surface area contributed by atoms with Crippen LogP contribution in [0.4, 0.5) is 0 Å². The van der Waals surface area contributed by atoms with Gasteiger partial charge in [-0.25, -0.2) is 4.79 Å². The number of aliphatic imine (C=N–C) groups is 1. The molecule has 0 saturated carbocycles. The van der Waals surface area contributed by atoms with Gasteiger partial charge in [0.05, 0.1) is 12.1 Å². The van der Waals surface area contributed by atoms with Crippen LogP contribution in [0.3, 0.4) is 0 Å². The summed E-state index contributed by atoms with van der Waals surface area (Å²) in [6, 6.07) is 5.47. The lowest BCUT2D eigenvalue weighted by atomic mass is 9.72. The molecule has 26 heavy (non-hydrogen) atoms. The summed E-state index contributed by atoms with van der Waals surface area (Å²) >= 11 is 0. The number of amidine groups is 1. The minimum absolute atomic E-state index is 0.0457. The number of nitrogens with one attached hydrogen (secondary N) is 1. The Morgan fingerprint density at radius 3 is 2.85 bits per heavy atom. The fraction of sp³-hybridized carbons (Fsp3) is 0.529. The fourth-order valence-electron chi connectivity index (χ4n) is 3.55. The maximum atomic E-state index is 11.3. The Morgan fingerprint density at radius 2 is 2.19 bits per heavy atom. The van der Waals surface area contributed by atoms with Crippen molar-refractivity contribution in [2.75, 3.05) is 26.7 Å². The van der Waals surface area contributed by atoms with Crippen LogP contribution in [0.1, 0.15) is 28.8 Å². The number of likely N-dealkylation sites (tertiary alicyclic amines) is 1. The predicted octanol–water partition coefficient (Wildman–Crippen LogP) is -0.251. The van der Waals surface area contributed by atoms with E-state index in [9.17, 15) is 14.9 Å². The zero-order chi connectivity index (χ0) is 18.7. The molecule has 0 aromatic heterocycles. The summed E-state index contributed by atoms with van der Waals surface area (Å²) in [5.41, 5.74) is 6.85. The van der Waals surface area contributed by atoms with Gasteiger partial charge in [-0.15, -0.1) is 0 Å². The minimum Gasteiger partial charge on any atom is -0.534 e. The van der Waals surface area contributed by atoms with E-state index >= 15 is 0 Å². The zero-order valence-electron chi connectivity index (χ0n) is 14.9. The van der Waals surface area contributed by atoms with Crippen LogP contribution in [0.25, 0.3) is 0 Å². The van der Waals surface area contributed by atoms with Crippen LogP contribution in [-0.2, 0) is 6.42 Å². The molecule has 1 saturated heterocycles. The molecule has 1 aromatic carbocycles. The van der Waals surface area contributed by atoms with Gasteiger partial charge in [0.2, 0.25) is 0 Å². The van der Waals surface area contributed by atoms with E-state index in [4.69, 9.17) is 10.4 Å². The topological polar surface area (TPSA) is 120 Å². The Kier molecular flexibility index (Phi) is 5.80. The van der Waals surface area contributed by atoms with Crippen LogP contribution < -0.4 is 15.7 Å². The molecule has 9 heteroatoms. The van der Waals surface area contributed by atoms with Gasteiger partial charge < -0.3 is 25.8 Å². The number of rotatable bonds is 5. The maximum absolute atomic E-state index is 11.3. The summed E-state index contributed by atoms with van der Waals surface area (Å²) in [6.45, 7) is 2.47. The molecule has 8 nitrogen and oxygen atoms in total. The predicted molar refractivity (Wildman–Crippen MR) is 99.6 cm³/mol. The summed E-state index contributed by atoms with van der Waals surface area (Å²) < 4.78 is 5.45. The van der Waals surface area contributed by atoms with Crippen molar-refractivity contribution < 1.29 is 19.6 Å². The molecule has 0 spiro atoms. The molecule has 0 radical (unpaired) electrons. The first kappa shape index (κ1) is 18.7. The van der Waals surface area contributed by atoms with Crippen LogP contribution in [-0.4, -0.2) is 72.6 Å². The van der Waals surface area contributed by atoms with Gasteiger partial charge in [-0.2, -0.15) is 0 Å². The Balaban J connectivity index is 1.66. The summed E-state index contributed by atoms with van der Waals surface area (Å²) in [6.07, 6.45) is 2.54. The third kappa shape index (κ3) is 4.17. The molecule has 2 aliphatic heterocycles. The Hall–Kier alpha value is -2.10. The molecule has 1 fully saturated rings. The second kappa shape index (κ2) is 8.07. The Labute approximate surface area is 153 Å². The van der Waals surface area contributed by atoms with E-state index in [1.54, 1.807) is 12.1 Å². The normalized spacial score (nSPS) is 22.0. The Morgan fingerprint density at radius 1 is 1.46 bits per heavy atom. The van der Waals surface area contributed by atoms with E-state index in [0.29, 0.717) is 30.4 Å². The van der Waals surface area contributed by atoms with Gasteiger partial charge in [0.25, 0.3) is 0 Å². The largest absolute Gasteiger partial charge is 0.549 e. The van der Waals surface area contributed by atoms with Gasteiger partial charge in [0.15, 0.2) is 0 Å². The highest BCUT2D eigenvalue weighted by Crippen LogP contribution is 2.31. The van der Waals surface area contributed by atoms with E-state index in [-0.39, 0.29) is 11.3 Å². The van der Waals surface area contributed by atoms with Gasteiger partial charge in [0.1, 0.15) is 17.5 Å². The SMILES string of the molecule is CNC1CCN(C/C(N)=N/[C@H]2Cc3cccc(C(=O)O)c3OB2O)CC1. The van der Waals surface area contributed by atoms with Crippen LogP contribution in [0.5, 0.6) is 5.75 Å². The number of carboxylic acids is 1. The molecule has 0 unspecified atom stereocenters. The summed E-state index contributed by atoms with van der Waals surface area (Å²) in [5, 5.41) is 22.8. The van der Waals surface area contributed by atoms with Crippen LogP contribution in [0.15, 0.2) is 23.2 Å². The first-order valence-electron chi connectivity index (χ1n) is 8.89. The standard InChI is InChI=1S/C17H25BN4O4/c1-20-12-5-7-22(8-6-12)10-15(19)21-14-9-11-3-2-4-13(17(23)24)16(11)26-18(14)25/h2-4,12,14,20,25H,5-10H2,1H3,(H2,19,21)(H,23,24)/t14-/m0/s1. The number of carboxylic acid groups (broad SMARTS) is 1. The smallest absolute Gasteiger partial charge is 0.534 e. The lowest BCUT2D eigenvalue weighted by Gasteiger charge is -2.32. The van der Waals surface area contributed by atoms with Crippen LogP contribution in [0.2, 0.25) is 0 Å². The molecule has 2 heterocycles. The van der Waals surface area contributed by atoms with E-state index in [0.717, 1.165) is 25.9 Å². The number of nitrogens with zero attached hydrogens (tertiary/aromatic N) is 2. The van der Waals surface area contributed by atoms with Crippen molar-refractivity contribution in [2.24, 2.45) is 10.7 Å². The quantitative estimate of drug-likeness (QED) is 0.325. The number of fused-ring (bicyclic) bond motifs is 1. The molecule has 140 valence electrons. The van der Waals surface area contributed by atoms with Crippen molar-refractivity contribution >= 4 is 18.9 Å². The fourth-order valence-corrected chi connectivity index (χ4v) is 3.55. The number of hydrogen-bond donors (Lipinski definition) is 4. The molecule has 3 rings (SSSR count). The Bertz CT molecular complexity index is 691. The summed E-state index contributed by atoms with van der Waals surface area (Å²) in [7, 11) is 0.769. The summed E-state index contributed by atoms with van der Waals surface area (Å²) in [4.78, 5) is 18.0. The lowest BCUT2D eigenvalue weighted by Crippen LogP contribution is -2.46. The van der Waals surface area contributed by atoms with E-state index in [2.05, 4.69) is 15.2 Å². The first-order chi connectivity index (χ1) is 12.5. The van der Waals surface area contributed by atoms with Crippen LogP contribution >= 0.6 is 0 Å². The van der Waals surface area contributed by atoms with Crippen molar-refractivity contribution in [1.82, 2.24) is 10.2 Å². The number of para-hydroxylation sites is 1. The van der Waals surface area contributed by atoms with Crippen molar-refractivity contribution in [3.8, 4) is 5.75 Å². The van der Waals surface area contributed by atoms with Gasteiger partial charge in [-0.3, -0.25) is 9.89 Å². The maximum Gasteiger partial charge on any atom is 0.549 e. The average molecular weight is 360 g/mol. The average Bonchev–Trinajstić information content (AvgIpc) is 2.62. The van der Waals surface area contributed by atoms with E-state index in [1.807, 2.05) is 7.05 Å². The molecule has 2 aliphatic rings. The third-order valence-electron chi connectivity index (χ3n) is 5.04. The van der Waals surface area contributed by atoms with Crippen molar-refractivity contribution in [2.45, 2.75) is 31.2 Å². The molecule has 0 bridgehead atoms. The number of benzene rings is 1. The number of nitrogens with two attached hydrogens (primary N) is 1. The van der Waals surface area contributed by atoms with Gasteiger partial charge in [-0.05, 0) is 37.9 Å². The van der Waals surface area contributed by atoms with Crippen molar-refractivity contribution in [3.05, 3.63) is 29.3 Å². The monoisotopic (exact) mass is 360 g/mol. The van der Waals surface area contributed by atoms with Crippen molar-refractivity contribution in [1.29, 1.82) is 0 Å². The van der Waals surface area contributed by atoms with Crippen molar-refractivity contribution in [3.63, 3.8) is 0 Å². The third-order valence-corrected chi connectivity index (χ3v) is 5.04. The van der Waals surface area contributed by atoms with E-state index in [1.165, 1.54) is 6.07 Å². The van der Waals surface area contributed by atoms with Gasteiger partial charge in [0, 0.05) is 19.1 Å². The number of carbonyl (C=O) groups is 1. The highest BCUT2D eigenvalue weighted by atomic mass is 16.5. The molecule has 1 aromatic rings. The van der Waals surface area contributed by atoms with Gasteiger partial charge in [-0.1, -0.05) is 12.1 Å². The highest BCUT2D eigenvalue weighted by Gasteiger charge is 2.37. The molecule has 5 N–H and O–H groups in total. The van der Waals surface area contributed by atoms with Crippen LogP contribution in [0, 0.1) is 0 Å².